The van der Waals surface area contributed by atoms with E-state index < -0.39 is 5.97 Å². The molecule has 0 aliphatic heterocycles. The number of nitrogens with zero attached hydrogens (tertiary/aromatic N) is 1. The van der Waals surface area contributed by atoms with Crippen molar-refractivity contribution in [2.24, 2.45) is 0 Å². The number of carbonyl (C=O) groups excluding carboxylic acids is 2. The number of rotatable bonds is 3. The summed E-state index contributed by atoms with van der Waals surface area (Å²) in [4.78, 5) is 26.3. The lowest BCUT2D eigenvalue weighted by atomic mass is 10.1. The number of hydrogen-bond donors (Lipinski definition) is 0. The molecule has 0 atom stereocenters. The van der Waals surface area contributed by atoms with Crippen LogP contribution in [0.15, 0.2) is 18.3 Å². The van der Waals surface area contributed by atoms with Gasteiger partial charge >= 0.3 is 5.97 Å². The summed E-state index contributed by atoms with van der Waals surface area (Å²) in [6.45, 7) is 3.36. The minimum atomic E-state index is -0.509. The lowest BCUT2D eigenvalue weighted by Crippen LogP contribution is -2.11. The Kier molecular flexibility index (Phi) is 3.34. The number of hydrogen-bond acceptors (Lipinski definition) is 4. The Morgan fingerprint density at radius 3 is 2.79 bits per heavy atom. The van der Waals surface area contributed by atoms with Gasteiger partial charge in [0.25, 0.3) is 0 Å². The van der Waals surface area contributed by atoms with E-state index in [1.54, 1.807) is 13.0 Å². The third-order valence-corrected chi connectivity index (χ3v) is 1.64. The fourth-order valence-electron chi connectivity index (χ4n) is 1.06. The Hall–Kier alpha value is -1.71. The standard InChI is InChI=1S/C10H11NO3/c1-3-14-10(13)8-5-4-6-11-9(8)7(2)12/h4-6H,3H2,1-2H3. The van der Waals surface area contributed by atoms with Gasteiger partial charge in [-0.1, -0.05) is 0 Å². The Labute approximate surface area is 81.9 Å². The van der Waals surface area contributed by atoms with Crippen LogP contribution in [-0.2, 0) is 4.74 Å². The third-order valence-electron chi connectivity index (χ3n) is 1.64. The van der Waals surface area contributed by atoms with Gasteiger partial charge in [-0.15, -0.1) is 0 Å². The maximum absolute atomic E-state index is 11.4. The predicted molar refractivity (Wildman–Crippen MR) is 50.2 cm³/mol. The molecule has 14 heavy (non-hydrogen) atoms. The van der Waals surface area contributed by atoms with Gasteiger partial charge in [0.15, 0.2) is 5.78 Å². The Balaban J connectivity index is 3.07. The first-order valence-corrected chi connectivity index (χ1v) is 4.30. The van der Waals surface area contributed by atoms with E-state index in [1.165, 1.54) is 19.2 Å². The Bertz CT molecular complexity index is 360. The highest BCUT2D eigenvalue weighted by atomic mass is 16.5. The molecule has 0 radical (unpaired) electrons. The number of Topliss-reactive ketones (excluding diaryl/α,β-unsaturated/α-hetero) is 1. The second-order valence-corrected chi connectivity index (χ2v) is 2.68. The van der Waals surface area contributed by atoms with Crippen LogP contribution >= 0.6 is 0 Å². The highest BCUT2D eigenvalue weighted by Gasteiger charge is 2.15. The summed E-state index contributed by atoms with van der Waals surface area (Å²) >= 11 is 0. The van der Waals surface area contributed by atoms with Crippen molar-refractivity contribution >= 4 is 11.8 Å². The summed E-state index contributed by atoms with van der Waals surface area (Å²) in [6, 6.07) is 3.13. The highest BCUT2D eigenvalue weighted by Crippen LogP contribution is 2.07. The molecule has 0 aliphatic carbocycles. The normalized spacial score (nSPS) is 9.57. The summed E-state index contributed by atoms with van der Waals surface area (Å²) in [6.07, 6.45) is 1.47. The van der Waals surface area contributed by atoms with E-state index in [4.69, 9.17) is 4.74 Å². The molecule has 0 aliphatic rings. The maximum Gasteiger partial charge on any atom is 0.340 e. The van der Waals surface area contributed by atoms with Gasteiger partial charge in [0, 0.05) is 13.1 Å². The van der Waals surface area contributed by atoms with Crippen LogP contribution in [0.25, 0.3) is 0 Å². The average molecular weight is 193 g/mol. The van der Waals surface area contributed by atoms with E-state index in [9.17, 15) is 9.59 Å². The number of ether oxygens (including phenoxy) is 1. The molecule has 1 rings (SSSR count). The summed E-state index contributed by atoms with van der Waals surface area (Å²) in [5.74, 6) is -0.751. The zero-order valence-electron chi connectivity index (χ0n) is 8.11. The van der Waals surface area contributed by atoms with Gasteiger partial charge in [0.1, 0.15) is 5.69 Å². The van der Waals surface area contributed by atoms with Crippen LogP contribution in [0.4, 0.5) is 0 Å². The molecule has 0 saturated carbocycles. The molecule has 0 unspecified atom stereocenters. The molecule has 74 valence electrons. The molecule has 0 N–H and O–H groups in total. The molecule has 4 heteroatoms. The zero-order valence-corrected chi connectivity index (χ0v) is 8.11. The second kappa shape index (κ2) is 4.50. The number of ketones is 1. The molecule has 1 heterocycles. The minimum absolute atomic E-state index is 0.158. The van der Waals surface area contributed by atoms with Gasteiger partial charge < -0.3 is 4.74 Å². The number of carbonyl (C=O) groups is 2. The van der Waals surface area contributed by atoms with Crippen LogP contribution in [0.5, 0.6) is 0 Å². The number of pyridine rings is 1. The van der Waals surface area contributed by atoms with E-state index in [2.05, 4.69) is 4.98 Å². The van der Waals surface area contributed by atoms with Gasteiger partial charge in [0.2, 0.25) is 0 Å². The molecular weight excluding hydrogens is 182 g/mol. The monoisotopic (exact) mass is 193 g/mol. The fraction of sp³-hybridized carbons (Fsp3) is 0.300. The highest BCUT2D eigenvalue weighted by molar-refractivity contribution is 6.03. The fourth-order valence-corrected chi connectivity index (χ4v) is 1.06. The van der Waals surface area contributed by atoms with E-state index in [0.717, 1.165) is 0 Å². The lowest BCUT2D eigenvalue weighted by Gasteiger charge is -2.04. The smallest absolute Gasteiger partial charge is 0.340 e. The van der Waals surface area contributed by atoms with Crippen molar-refractivity contribution in [3.63, 3.8) is 0 Å². The first-order valence-electron chi connectivity index (χ1n) is 4.30. The first kappa shape index (κ1) is 10.4. The van der Waals surface area contributed by atoms with Crippen LogP contribution in [0.2, 0.25) is 0 Å². The topological polar surface area (TPSA) is 56.3 Å². The average Bonchev–Trinajstić information content (AvgIpc) is 2.18. The molecule has 1 aromatic rings. The minimum Gasteiger partial charge on any atom is -0.462 e. The van der Waals surface area contributed by atoms with E-state index in [-0.39, 0.29) is 23.6 Å². The quantitative estimate of drug-likeness (QED) is 0.538. The van der Waals surface area contributed by atoms with Gasteiger partial charge in [-0.05, 0) is 19.1 Å². The molecule has 0 fully saturated rings. The molecule has 4 nitrogen and oxygen atoms in total. The molecular formula is C10H11NO3. The molecule has 0 saturated heterocycles. The van der Waals surface area contributed by atoms with Crippen LogP contribution in [0, 0.1) is 0 Å². The molecule has 1 aromatic heterocycles. The SMILES string of the molecule is CCOC(=O)c1cccnc1C(C)=O. The first-order chi connectivity index (χ1) is 6.66. The second-order valence-electron chi connectivity index (χ2n) is 2.68. The Morgan fingerprint density at radius 2 is 2.21 bits per heavy atom. The van der Waals surface area contributed by atoms with Gasteiger partial charge in [-0.25, -0.2) is 4.79 Å². The van der Waals surface area contributed by atoms with Crippen molar-refractivity contribution in [3.05, 3.63) is 29.6 Å². The van der Waals surface area contributed by atoms with Gasteiger partial charge in [0.05, 0.1) is 12.2 Å². The number of aromatic nitrogens is 1. The van der Waals surface area contributed by atoms with Crippen molar-refractivity contribution in [3.8, 4) is 0 Å². The third kappa shape index (κ3) is 2.16. The van der Waals surface area contributed by atoms with E-state index in [0.29, 0.717) is 0 Å². The maximum atomic E-state index is 11.4. The van der Waals surface area contributed by atoms with Crippen LogP contribution < -0.4 is 0 Å². The van der Waals surface area contributed by atoms with Crippen molar-refractivity contribution in [1.82, 2.24) is 4.98 Å². The molecule has 0 aromatic carbocycles. The van der Waals surface area contributed by atoms with Crippen molar-refractivity contribution < 1.29 is 14.3 Å². The van der Waals surface area contributed by atoms with Crippen molar-refractivity contribution in [2.75, 3.05) is 6.61 Å². The van der Waals surface area contributed by atoms with Gasteiger partial charge in [-0.2, -0.15) is 0 Å². The summed E-state index contributed by atoms with van der Waals surface area (Å²) in [5, 5.41) is 0. The van der Waals surface area contributed by atoms with Crippen molar-refractivity contribution in [2.45, 2.75) is 13.8 Å². The summed E-state index contributed by atoms with van der Waals surface area (Å²) in [5.41, 5.74) is 0.382. The molecule has 0 bridgehead atoms. The zero-order chi connectivity index (χ0) is 10.6. The van der Waals surface area contributed by atoms with Crippen LogP contribution in [0.3, 0.4) is 0 Å². The summed E-state index contributed by atoms with van der Waals surface area (Å²) in [7, 11) is 0. The van der Waals surface area contributed by atoms with Crippen molar-refractivity contribution in [1.29, 1.82) is 0 Å². The molecule has 0 amide bonds. The van der Waals surface area contributed by atoms with E-state index in [1.807, 2.05) is 0 Å². The largest absolute Gasteiger partial charge is 0.462 e. The number of esters is 1. The van der Waals surface area contributed by atoms with Crippen LogP contribution in [-0.4, -0.2) is 23.3 Å². The van der Waals surface area contributed by atoms with Crippen LogP contribution in [0.1, 0.15) is 34.7 Å². The Morgan fingerprint density at radius 1 is 1.50 bits per heavy atom. The predicted octanol–water partition coefficient (Wildman–Crippen LogP) is 1.46. The van der Waals surface area contributed by atoms with Gasteiger partial charge in [-0.3, -0.25) is 9.78 Å². The summed E-state index contributed by atoms with van der Waals surface area (Å²) < 4.78 is 4.79. The molecule has 0 spiro atoms. The van der Waals surface area contributed by atoms with E-state index >= 15 is 0 Å². The lowest BCUT2D eigenvalue weighted by molar-refractivity contribution is 0.0522.